The summed E-state index contributed by atoms with van der Waals surface area (Å²) in [7, 11) is 1.61. The van der Waals surface area contributed by atoms with Crippen LogP contribution in [0, 0.1) is 17.5 Å². The molecule has 0 atom stereocenters. The van der Waals surface area contributed by atoms with Gasteiger partial charge in [0.2, 0.25) is 5.95 Å². The molecule has 0 amide bonds. The van der Waals surface area contributed by atoms with Gasteiger partial charge in [-0.2, -0.15) is 10.1 Å². The van der Waals surface area contributed by atoms with Crippen LogP contribution in [0.3, 0.4) is 0 Å². The summed E-state index contributed by atoms with van der Waals surface area (Å²) < 4.78 is 45.1. The summed E-state index contributed by atoms with van der Waals surface area (Å²) in [6.07, 6.45) is 1.96. The molecule has 140 valence electrons. The van der Waals surface area contributed by atoms with Crippen molar-refractivity contribution in [1.29, 1.82) is 0 Å². The first-order valence-electron chi connectivity index (χ1n) is 8.04. The summed E-state index contributed by atoms with van der Waals surface area (Å²) in [5.74, 6) is -3.01. The second kappa shape index (κ2) is 8.35. The molecular formula is C18H16F3N5O. The van der Waals surface area contributed by atoms with Crippen LogP contribution in [0.4, 0.5) is 30.6 Å². The average Bonchev–Trinajstić information content (AvgIpc) is 2.69. The van der Waals surface area contributed by atoms with Crippen molar-refractivity contribution < 1.29 is 17.9 Å². The predicted molar refractivity (Wildman–Crippen MR) is 94.6 cm³/mol. The van der Waals surface area contributed by atoms with Crippen LogP contribution in [0.2, 0.25) is 0 Å². The molecule has 0 spiro atoms. The Balaban J connectivity index is 1.61. The number of hydrogen-bond donors (Lipinski definition) is 2. The van der Waals surface area contributed by atoms with Gasteiger partial charge in [-0.3, -0.25) is 0 Å². The fourth-order valence-electron chi connectivity index (χ4n) is 2.31. The Kier molecular flexibility index (Phi) is 5.70. The summed E-state index contributed by atoms with van der Waals surface area (Å²) in [5.41, 5.74) is 0.841. The minimum Gasteiger partial charge on any atom is -0.497 e. The van der Waals surface area contributed by atoms with Crippen molar-refractivity contribution in [2.45, 2.75) is 6.42 Å². The molecule has 0 saturated heterocycles. The van der Waals surface area contributed by atoms with Crippen LogP contribution in [-0.4, -0.2) is 28.8 Å². The number of nitrogens with zero attached hydrogens (tertiary/aromatic N) is 3. The van der Waals surface area contributed by atoms with Crippen molar-refractivity contribution in [3.63, 3.8) is 0 Å². The van der Waals surface area contributed by atoms with Crippen molar-refractivity contribution in [2.24, 2.45) is 0 Å². The van der Waals surface area contributed by atoms with E-state index in [1.807, 2.05) is 24.3 Å². The molecule has 0 radical (unpaired) electrons. The van der Waals surface area contributed by atoms with Gasteiger partial charge in [0, 0.05) is 6.54 Å². The molecule has 0 aliphatic heterocycles. The molecular weight excluding hydrogens is 359 g/mol. The molecule has 0 fully saturated rings. The SMILES string of the molecule is COc1ccc(CCNc2nncc(Nc3ccc(F)c(F)c3F)n2)cc1. The highest BCUT2D eigenvalue weighted by molar-refractivity contribution is 5.57. The molecule has 6 nitrogen and oxygen atoms in total. The molecule has 3 rings (SSSR count). The number of anilines is 3. The van der Waals surface area contributed by atoms with Gasteiger partial charge in [-0.25, -0.2) is 13.2 Å². The fraction of sp³-hybridized carbons (Fsp3) is 0.167. The van der Waals surface area contributed by atoms with Crippen LogP contribution in [0.15, 0.2) is 42.6 Å². The standard InChI is InChI=1S/C18H16F3N5O/c1-27-12-4-2-11(3-5-12)8-9-22-18-25-15(10-23-26-18)24-14-7-6-13(19)16(20)17(14)21/h2-7,10H,8-9H2,1H3,(H2,22,24,25,26). The first-order chi connectivity index (χ1) is 13.1. The van der Waals surface area contributed by atoms with Crippen LogP contribution in [0.1, 0.15) is 5.56 Å². The monoisotopic (exact) mass is 375 g/mol. The second-order valence-corrected chi connectivity index (χ2v) is 5.54. The summed E-state index contributed by atoms with van der Waals surface area (Å²) in [6, 6.07) is 9.53. The highest BCUT2D eigenvalue weighted by atomic mass is 19.2. The fourth-order valence-corrected chi connectivity index (χ4v) is 2.31. The maximum Gasteiger partial charge on any atom is 0.244 e. The Labute approximate surface area is 153 Å². The number of methoxy groups -OCH3 is 1. The van der Waals surface area contributed by atoms with Crippen LogP contribution < -0.4 is 15.4 Å². The smallest absolute Gasteiger partial charge is 0.244 e. The van der Waals surface area contributed by atoms with Crippen molar-refractivity contribution in [2.75, 3.05) is 24.3 Å². The molecule has 2 N–H and O–H groups in total. The normalized spacial score (nSPS) is 10.5. The van der Waals surface area contributed by atoms with E-state index in [2.05, 4.69) is 25.8 Å². The average molecular weight is 375 g/mol. The molecule has 0 bridgehead atoms. The van der Waals surface area contributed by atoms with E-state index in [1.165, 1.54) is 6.20 Å². The summed E-state index contributed by atoms with van der Waals surface area (Å²) >= 11 is 0. The Morgan fingerprint density at radius 2 is 1.78 bits per heavy atom. The van der Waals surface area contributed by atoms with Gasteiger partial charge in [0.1, 0.15) is 5.75 Å². The van der Waals surface area contributed by atoms with Crippen molar-refractivity contribution in [1.82, 2.24) is 15.2 Å². The van der Waals surface area contributed by atoms with Gasteiger partial charge >= 0.3 is 0 Å². The number of hydrogen-bond acceptors (Lipinski definition) is 6. The van der Waals surface area contributed by atoms with Crippen LogP contribution in [0.5, 0.6) is 5.75 Å². The lowest BCUT2D eigenvalue weighted by Gasteiger charge is -2.09. The zero-order chi connectivity index (χ0) is 19.2. The molecule has 2 aromatic carbocycles. The first-order valence-corrected chi connectivity index (χ1v) is 8.04. The zero-order valence-electron chi connectivity index (χ0n) is 14.3. The van der Waals surface area contributed by atoms with Gasteiger partial charge in [-0.1, -0.05) is 12.1 Å². The van der Waals surface area contributed by atoms with Crippen LogP contribution in [-0.2, 0) is 6.42 Å². The van der Waals surface area contributed by atoms with Crippen LogP contribution >= 0.6 is 0 Å². The highest BCUT2D eigenvalue weighted by Crippen LogP contribution is 2.22. The largest absolute Gasteiger partial charge is 0.497 e. The predicted octanol–water partition coefficient (Wildman–Crippen LogP) is 3.70. The van der Waals surface area contributed by atoms with Gasteiger partial charge in [0.05, 0.1) is 19.0 Å². The second-order valence-electron chi connectivity index (χ2n) is 5.54. The van der Waals surface area contributed by atoms with Gasteiger partial charge < -0.3 is 15.4 Å². The Morgan fingerprint density at radius 1 is 1.00 bits per heavy atom. The maximum atomic E-state index is 13.7. The Hall–Kier alpha value is -3.36. The lowest BCUT2D eigenvalue weighted by Crippen LogP contribution is -2.10. The molecule has 0 aliphatic rings. The number of halogens is 3. The van der Waals surface area contributed by atoms with Crippen molar-refractivity contribution in [3.05, 3.63) is 65.6 Å². The number of rotatable bonds is 7. The van der Waals surface area contributed by atoms with Crippen molar-refractivity contribution in [3.8, 4) is 5.75 Å². The van der Waals surface area contributed by atoms with E-state index in [-0.39, 0.29) is 17.5 Å². The highest BCUT2D eigenvalue weighted by Gasteiger charge is 2.14. The van der Waals surface area contributed by atoms with E-state index < -0.39 is 17.5 Å². The van der Waals surface area contributed by atoms with E-state index >= 15 is 0 Å². The third-order valence-electron chi connectivity index (χ3n) is 3.71. The lowest BCUT2D eigenvalue weighted by molar-refractivity contribution is 0.414. The van der Waals surface area contributed by atoms with E-state index in [1.54, 1.807) is 7.11 Å². The lowest BCUT2D eigenvalue weighted by atomic mass is 10.1. The Bertz CT molecular complexity index is 921. The van der Waals surface area contributed by atoms with E-state index in [9.17, 15) is 13.2 Å². The van der Waals surface area contributed by atoms with E-state index in [0.29, 0.717) is 13.0 Å². The topological polar surface area (TPSA) is 72.0 Å². The third kappa shape index (κ3) is 4.63. The van der Waals surface area contributed by atoms with Gasteiger partial charge in [0.15, 0.2) is 23.3 Å². The summed E-state index contributed by atoms with van der Waals surface area (Å²) in [6.45, 7) is 0.539. The molecule has 3 aromatic rings. The number of nitrogens with one attached hydrogen (secondary N) is 2. The minimum atomic E-state index is -1.56. The number of benzene rings is 2. The molecule has 0 saturated carbocycles. The zero-order valence-corrected chi connectivity index (χ0v) is 14.3. The van der Waals surface area contributed by atoms with E-state index in [4.69, 9.17) is 4.74 Å². The van der Waals surface area contributed by atoms with Crippen LogP contribution in [0.25, 0.3) is 0 Å². The summed E-state index contributed by atoms with van der Waals surface area (Å²) in [4.78, 5) is 4.12. The minimum absolute atomic E-state index is 0.141. The van der Waals surface area contributed by atoms with Gasteiger partial charge in [-0.15, -0.1) is 5.10 Å². The molecule has 1 aromatic heterocycles. The summed E-state index contributed by atoms with van der Waals surface area (Å²) in [5, 5.41) is 13.1. The molecule has 9 heteroatoms. The van der Waals surface area contributed by atoms with Crippen molar-refractivity contribution >= 4 is 17.5 Å². The van der Waals surface area contributed by atoms with Gasteiger partial charge in [-0.05, 0) is 36.2 Å². The third-order valence-corrected chi connectivity index (χ3v) is 3.71. The maximum absolute atomic E-state index is 13.7. The molecule has 0 unspecified atom stereocenters. The Morgan fingerprint density at radius 3 is 2.52 bits per heavy atom. The van der Waals surface area contributed by atoms with E-state index in [0.717, 1.165) is 23.4 Å². The number of aromatic nitrogens is 3. The molecule has 1 heterocycles. The first kappa shape index (κ1) is 18.4. The molecule has 0 aliphatic carbocycles. The van der Waals surface area contributed by atoms with Gasteiger partial charge in [0.25, 0.3) is 0 Å². The molecule has 27 heavy (non-hydrogen) atoms. The quantitative estimate of drug-likeness (QED) is 0.614. The number of ether oxygens (including phenoxy) is 1.